The van der Waals surface area contributed by atoms with Crippen LogP contribution in [0.5, 0.6) is 0 Å². The predicted octanol–water partition coefficient (Wildman–Crippen LogP) is 4.16. The third-order valence-corrected chi connectivity index (χ3v) is 6.20. The minimum Gasteiger partial charge on any atom is -0.344 e. The fourth-order valence-corrected chi connectivity index (χ4v) is 3.96. The summed E-state index contributed by atoms with van der Waals surface area (Å²) in [6.45, 7) is 7.08. The second-order valence-corrected chi connectivity index (χ2v) is 8.21. The SMILES string of the molecule is CCn1nc(C(=O)NC2(C(C)(C)c3ccc(F)cc3)CC2)cc1C1CC1. The molecule has 26 heavy (non-hydrogen) atoms. The Labute approximate surface area is 153 Å². The number of amides is 1. The molecule has 1 amide bonds. The van der Waals surface area contributed by atoms with Gasteiger partial charge in [-0.15, -0.1) is 0 Å². The maximum absolute atomic E-state index is 13.3. The van der Waals surface area contributed by atoms with Crippen LogP contribution < -0.4 is 5.32 Å². The molecule has 0 saturated heterocycles. The summed E-state index contributed by atoms with van der Waals surface area (Å²) in [5.41, 5.74) is 2.16. The Bertz CT molecular complexity index is 829. The third-order valence-electron chi connectivity index (χ3n) is 6.20. The Morgan fingerprint density at radius 3 is 2.50 bits per heavy atom. The van der Waals surface area contributed by atoms with Crippen molar-refractivity contribution < 1.29 is 9.18 Å². The number of carbonyl (C=O) groups excluding carboxylic acids is 1. The molecule has 0 radical (unpaired) electrons. The molecule has 138 valence electrons. The van der Waals surface area contributed by atoms with E-state index >= 15 is 0 Å². The number of aromatic nitrogens is 2. The van der Waals surface area contributed by atoms with E-state index < -0.39 is 0 Å². The molecular weight excluding hydrogens is 329 g/mol. The van der Waals surface area contributed by atoms with Crippen molar-refractivity contribution in [1.29, 1.82) is 0 Å². The van der Waals surface area contributed by atoms with Gasteiger partial charge < -0.3 is 5.32 Å². The highest BCUT2D eigenvalue weighted by Gasteiger charge is 2.56. The minimum atomic E-state index is -0.294. The molecule has 2 fully saturated rings. The van der Waals surface area contributed by atoms with Crippen molar-refractivity contribution >= 4 is 5.91 Å². The maximum atomic E-state index is 13.3. The van der Waals surface area contributed by atoms with Crippen LogP contribution in [0.1, 0.15) is 74.1 Å². The molecule has 4 nitrogen and oxygen atoms in total. The maximum Gasteiger partial charge on any atom is 0.272 e. The number of carbonyl (C=O) groups is 1. The largest absolute Gasteiger partial charge is 0.344 e. The minimum absolute atomic E-state index is 0.105. The van der Waals surface area contributed by atoms with Crippen molar-refractivity contribution in [2.75, 3.05) is 0 Å². The van der Waals surface area contributed by atoms with Crippen LogP contribution >= 0.6 is 0 Å². The molecule has 0 aliphatic heterocycles. The number of rotatable bonds is 6. The predicted molar refractivity (Wildman–Crippen MR) is 98.7 cm³/mol. The van der Waals surface area contributed by atoms with Crippen LogP contribution in [0.4, 0.5) is 4.39 Å². The highest BCUT2D eigenvalue weighted by molar-refractivity contribution is 5.93. The molecule has 5 heteroatoms. The van der Waals surface area contributed by atoms with Crippen molar-refractivity contribution in [1.82, 2.24) is 15.1 Å². The molecule has 0 unspecified atom stereocenters. The number of benzene rings is 1. The molecule has 1 aromatic carbocycles. The van der Waals surface area contributed by atoms with Crippen LogP contribution in [0.2, 0.25) is 0 Å². The van der Waals surface area contributed by atoms with E-state index in [9.17, 15) is 9.18 Å². The summed E-state index contributed by atoms with van der Waals surface area (Å²) in [6, 6.07) is 8.56. The first kappa shape index (κ1) is 17.3. The molecule has 4 rings (SSSR count). The highest BCUT2D eigenvalue weighted by Crippen LogP contribution is 2.51. The van der Waals surface area contributed by atoms with Gasteiger partial charge in [-0.05, 0) is 56.4 Å². The van der Waals surface area contributed by atoms with Crippen molar-refractivity contribution in [2.45, 2.75) is 69.9 Å². The van der Waals surface area contributed by atoms with Gasteiger partial charge in [-0.3, -0.25) is 9.48 Å². The lowest BCUT2D eigenvalue weighted by Crippen LogP contribution is -2.50. The van der Waals surface area contributed by atoms with Gasteiger partial charge in [0.05, 0.1) is 0 Å². The van der Waals surface area contributed by atoms with E-state index in [0.717, 1.165) is 24.9 Å². The number of nitrogens with one attached hydrogen (secondary N) is 1. The van der Waals surface area contributed by atoms with Gasteiger partial charge in [-0.25, -0.2) is 4.39 Å². The zero-order valence-electron chi connectivity index (χ0n) is 15.7. The lowest BCUT2D eigenvalue weighted by Gasteiger charge is -2.36. The van der Waals surface area contributed by atoms with E-state index in [2.05, 4.69) is 31.2 Å². The van der Waals surface area contributed by atoms with Gasteiger partial charge in [-0.1, -0.05) is 26.0 Å². The summed E-state index contributed by atoms with van der Waals surface area (Å²) in [5, 5.41) is 7.78. The van der Waals surface area contributed by atoms with E-state index in [1.165, 1.54) is 30.7 Å². The second-order valence-electron chi connectivity index (χ2n) is 8.21. The van der Waals surface area contributed by atoms with Crippen molar-refractivity contribution in [2.24, 2.45) is 0 Å². The van der Waals surface area contributed by atoms with Crippen molar-refractivity contribution in [3.05, 3.63) is 53.1 Å². The Morgan fingerprint density at radius 1 is 1.31 bits per heavy atom. The summed E-state index contributed by atoms with van der Waals surface area (Å²) in [4.78, 5) is 12.9. The first-order valence-electron chi connectivity index (χ1n) is 9.52. The summed E-state index contributed by atoms with van der Waals surface area (Å²) < 4.78 is 15.2. The first-order chi connectivity index (χ1) is 12.4. The number of hydrogen-bond acceptors (Lipinski definition) is 2. The molecule has 2 saturated carbocycles. The van der Waals surface area contributed by atoms with E-state index in [0.29, 0.717) is 11.6 Å². The third kappa shape index (κ3) is 2.83. The van der Waals surface area contributed by atoms with Gasteiger partial charge in [0.15, 0.2) is 0 Å². The normalized spacial score (nSPS) is 18.6. The molecule has 1 N–H and O–H groups in total. The monoisotopic (exact) mass is 355 g/mol. The fourth-order valence-electron chi connectivity index (χ4n) is 3.96. The summed E-state index contributed by atoms with van der Waals surface area (Å²) in [7, 11) is 0. The summed E-state index contributed by atoms with van der Waals surface area (Å²) in [5.74, 6) is 0.220. The van der Waals surface area contributed by atoms with Crippen molar-refractivity contribution in [3.8, 4) is 0 Å². The first-order valence-corrected chi connectivity index (χ1v) is 9.52. The molecular formula is C21H26FN3O. The van der Waals surface area contributed by atoms with E-state index in [1.807, 2.05) is 22.9 Å². The van der Waals surface area contributed by atoms with Gasteiger partial charge in [0, 0.05) is 29.1 Å². The quantitative estimate of drug-likeness (QED) is 0.846. The van der Waals surface area contributed by atoms with Crippen LogP contribution in [0.3, 0.4) is 0 Å². The molecule has 0 bridgehead atoms. The highest BCUT2D eigenvalue weighted by atomic mass is 19.1. The lowest BCUT2D eigenvalue weighted by atomic mass is 9.75. The molecule has 0 spiro atoms. The van der Waals surface area contributed by atoms with Gasteiger partial charge in [-0.2, -0.15) is 5.10 Å². The molecule has 0 atom stereocenters. The van der Waals surface area contributed by atoms with Gasteiger partial charge in [0.1, 0.15) is 11.5 Å². The van der Waals surface area contributed by atoms with E-state index in [1.54, 1.807) is 0 Å². The Balaban J connectivity index is 1.56. The van der Waals surface area contributed by atoms with Gasteiger partial charge >= 0.3 is 0 Å². The Morgan fingerprint density at radius 2 is 1.96 bits per heavy atom. The second kappa shape index (κ2) is 5.93. The zero-order valence-corrected chi connectivity index (χ0v) is 15.7. The Hall–Kier alpha value is -2.17. The van der Waals surface area contributed by atoms with Gasteiger partial charge in [0.25, 0.3) is 5.91 Å². The van der Waals surface area contributed by atoms with E-state index in [4.69, 9.17) is 0 Å². The summed E-state index contributed by atoms with van der Waals surface area (Å²) >= 11 is 0. The molecule has 1 heterocycles. The molecule has 2 aliphatic rings. The topological polar surface area (TPSA) is 46.9 Å². The smallest absolute Gasteiger partial charge is 0.272 e. The van der Waals surface area contributed by atoms with Crippen LogP contribution in [0, 0.1) is 5.82 Å². The van der Waals surface area contributed by atoms with Crippen LogP contribution in [-0.2, 0) is 12.0 Å². The van der Waals surface area contributed by atoms with Crippen LogP contribution in [-0.4, -0.2) is 21.2 Å². The van der Waals surface area contributed by atoms with E-state index in [-0.39, 0.29) is 22.7 Å². The molecule has 2 aromatic rings. The zero-order chi connectivity index (χ0) is 18.5. The average Bonchev–Trinajstić information content (AvgIpc) is 3.54. The van der Waals surface area contributed by atoms with Crippen molar-refractivity contribution in [3.63, 3.8) is 0 Å². The number of halogens is 1. The molecule has 2 aliphatic carbocycles. The lowest BCUT2D eigenvalue weighted by molar-refractivity contribution is 0.0902. The summed E-state index contributed by atoms with van der Waals surface area (Å²) in [6.07, 6.45) is 4.22. The van der Waals surface area contributed by atoms with Crippen LogP contribution in [0.15, 0.2) is 30.3 Å². The van der Waals surface area contributed by atoms with Crippen LogP contribution in [0.25, 0.3) is 0 Å². The fraction of sp³-hybridized carbons (Fsp3) is 0.524. The average molecular weight is 355 g/mol. The number of nitrogens with zero attached hydrogens (tertiary/aromatic N) is 2. The number of hydrogen-bond donors (Lipinski definition) is 1. The Kier molecular flexibility index (Phi) is 3.94. The molecule has 1 aromatic heterocycles. The van der Waals surface area contributed by atoms with Gasteiger partial charge in [0.2, 0.25) is 0 Å². The standard InChI is InChI=1S/C21H26FN3O/c1-4-25-18(14-5-6-14)13-17(24-25)19(26)23-21(11-12-21)20(2,3)15-7-9-16(22)10-8-15/h7-10,13-14H,4-6,11-12H2,1-3H3,(H,23,26). The number of aryl methyl sites for hydroxylation is 1.